The van der Waals surface area contributed by atoms with E-state index >= 15 is 0 Å². The molecular formula is C6H8N6O. The van der Waals surface area contributed by atoms with Gasteiger partial charge in [0.05, 0.1) is 25.2 Å². The highest BCUT2D eigenvalue weighted by Gasteiger charge is 2.00. The summed E-state index contributed by atoms with van der Waals surface area (Å²) in [7, 11) is 0. The molecule has 0 unspecified atom stereocenters. The minimum absolute atomic E-state index is 0.0563. The zero-order valence-electron chi connectivity index (χ0n) is 6.75. The zero-order valence-corrected chi connectivity index (χ0v) is 6.75. The van der Waals surface area contributed by atoms with Gasteiger partial charge in [-0.05, 0) is 0 Å². The van der Waals surface area contributed by atoms with E-state index in [9.17, 15) is 0 Å². The van der Waals surface area contributed by atoms with Crippen LogP contribution < -0.4 is 0 Å². The van der Waals surface area contributed by atoms with Crippen molar-refractivity contribution in [2.75, 3.05) is 0 Å². The summed E-state index contributed by atoms with van der Waals surface area (Å²) in [5, 5.41) is 22.1. The summed E-state index contributed by atoms with van der Waals surface area (Å²) in [5.74, 6) is 0.585. The monoisotopic (exact) mass is 180 g/mol. The first-order valence-electron chi connectivity index (χ1n) is 3.72. The minimum atomic E-state index is -0.0563. The van der Waals surface area contributed by atoms with E-state index in [1.807, 2.05) is 0 Å². The first-order valence-corrected chi connectivity index (χ1v) is 3.72. The van der Waals surface area contributed by atoms with Gasteiger partial charge in [0, 0.05) is 6.20 Å². The summed E-state index contributed by atoms with van der Waals surface area (Å²) >= 11 is 0. The second-order valence-corrected chi connectivity index (χ2v) is 2.52. The highest BCUT2D eigenvalue weighted by Crippen LogP contribution is 1.97. The summed E-state index contributed by atoms with van der Waals surface area (Å²) in [5.41, 5.74) is 0.628. The van der Waals surface area contributed by atoms with Gasteiger partial charge < -0.3 is 9.67 Å². The van der Waals surface area contributed by atoms with Crippen molar-refractivity contribution in [3.63, 3.8) is 0 Å². The Morgan fingerprint density at radius 1 is 1.54 bits per heavy atom. The number of tetrazole rings is 1. The molecule has 0 fully saturated rings. The van der Waals surface area contributed by atoms with Crippen LogP contribution >= 0.6 is 0 Å². The van der Waals surface area contributed by atoms with Crippen molar-refractivity contribution in [2.45, 2.75) is 13.2 Å². The molecule has 2 heterocycles. The van der Waals surface area contributed by atoms with E-state index in [2.05, 4.69) is 25.6 Å². The molecule has 0 bridgehead atoms. The highest BCUT2D eigenvalue weighted by molar-refractivity contribution is 4.96. The molecule has 68 valence electrons. The van der Waals surface area contributed by atoms with Gasteiger partial charge >= 0.3 is 0 Å². The number of H-pyrrole nitrogens is 1. The fraction of sp³-hybridized carbons (Fsp3) is 0.333. The van der Waals surface area contributed by atoms with Crippen LogP contribution in [0.5, 0.6) is 0 Å². The van der Waals surface area contributed by atoms with Gasteiger partial charge in [-0.25, -0.2) is 4.98 Å². The summed E-state index contributed by atoms with van der Waals surface area (Å²) in [6.45, 7) is 0.447. The summed E-state index contributed by atoms with van der Waals surface area (Å²) in [6, 6.07) is 0. The Morgan fingerprint density at radius 2 is 2.46 bits per heavy atom. The number of hydrogen-bond acceptors (Lipinski definition) is 5. The standard InChI is InChI=1S/C6H8N6O/c13-3-5-1-12(4-7-5)2-6-8-10-11-9-6/h1,4,13H,2-3H2,(H,8,9,10,11). The van der Waals surface area contributed by atoms with E-state index in [1.54, 1.807) is 17.1 Å². The Morgan fingerprint density at radius 3 is 3.08 bits per heavy atom. The molecule has 0 aliphatic rings. The number of nitrogens with zero attached hydrogens (tertiary/aromatic N) is 5. The van der Waals surface area contributed by atoms with Crippen LogP contribution in [0.3, 0.4) is 0 Å². The van der Waals surface area contributed by atoms with Crippen molar-refractivity contribution in [1.29, 1.82) is 0 Å². The number of aliphatic hydroxyl groups excluding tert-OH is 1. The van der Waals surface area contributed by atoms with Crippen molar-refractivity contribution in [2.24, 2.45) is 0 Å². The number of aromatic amines is 1. The average Bonchev–Trinajstić information content (AvgIpc) is 2.76. The van der Waals surface area contributed by atoms with Gasteiger partial charge in [0.1, 0.15) is 0 Å². The Labute approximate surface area is 73.4 Å². The third-order valence-electron chi connectivity index (χ3n) is 1.56. The molecule has 2 rings (SSSR count). The molecular weight excluding hydrogens is 172 g/mol. The maximum absolute atomic E-state index is 8.75. The smallest absolute Gasteiger partial charge is 0.194 e. The lowest BCUT2D eigenvalue weighted by atomic mass is 10.5. The number of nitrogens with one attached hydrogen (secondary N) is 1. The minimum Gasteiger partial charge on any atom is -0.390 e. The third kappa shape index (κ3) is 1.70. The number of aliphatic hydroxyl groups is 1. The van der Waals surface area contributed by atoms with Crippen LogP contribution in [0.15, 0.2) is 12.5 Å². The van der Waals surface area contributed by atoms with E-state index in [0.29, 0.717) is 18.1 Å². The molecule has 2 aromatic heterocycles. The van der Waals surface area contributed by atoms with Crippen molar-refractivity contribution >= 4 is 0 Å². The molecule has 0 aliphatic heterocycles. The fourth-order valence-corrected chi connectivity index (χ4v) is 0.987. The zero-order chi connectivity index (χ0) is 9.10. The first kappa shape index (κ1) is 7.87. The number of imidazole rings is 1. The normalized spacial score (nSPS) is 10.5. The Hall–Kier alpha value is -1.76. The summed E-state index contributed by atoms with van der Waals surface area (Å²) < 4.78 is 1.77. The molecule has 7 heteroatoms. The van der Waals surface area contributed by atoms with Crippen LogP contribution in [0.4, 0.5) is 0 Å². The molecule has 0 spiro atoms. The molecule has 0 aromatic carbocycles. The van der Waals surface area contributed by atoms with E-state index in [1.165, 1.54) is 0 Å². The number of hydrogen-bond donors (Lipinski definition) is 2. The van der Waals surface area contributed by atoms with Crippen molar-refractivity contribution in [3.05, 3.63) is 24.0 Å². The van der Waals surface area contributed by atoms with Gasteiger partial charge in [-0.2, -0.15) is 5.21 Å². The van der Waals surface area contributed by atoms with Gasteiger partial charge in [0.15, 0.2) is 5.82 Å². The predicted molar refractivity (Wildman–Crippen MR) is 41.4 cm³/mol. The molecule has 0 aliphatic carbocycles. The summed E-state index contributed by atoms with van der Waals surface area (Å²) in [4.78, 5) is 3.94. The predicted octanol–water partition coefficient (Wildman–Crippen LogP) is -1.06. The van der Waals surface area contributed by atoms with Crippen molar-refractivity contribution < 1.29 is 5.11 Å². The Kier molecular flexibility index (Phi) is 2.01. The van der Waals surface area contributed by atoms with Gasteiger partial charge in [-0.1, -0.05) is 5.21 Å². The largest absolute Gasteiger partial charge is 0.390 e. The van der Waals surface area contributed by atoms with Gasteiger partial charge in [0.25, 0.3) is 0 Å². The van der Waals surface area contributed by atoms with Crippen LogP contribution in [0.2, 0.25) is 0 Å². The van der Waals surface area contributed by atoms with E-state index < -0.39 is 0 Å². The van der Waals surface area contributed by atoms with Gasteiger partial charge in [-0.15, -0.1) is 10.2 Å². The topological polar surface area (TPSA) is 92.5 Å². The second-order valence-electron chi connectivity index (χ2n) is 2.52. The molecule has 0 saturated carbocycles. The highest BCUT2D eigenvalue weighted by atomic mass is 16.3. The molecule has 0 atom stereocenters. The molecule has 0 saturated heterocycles. The summed E-state index contributed by atoms with van der Waals surface area (Å²) in [6.07, 6.45) is 3.35. The van der Waals surface area contributed by atoms with Gasteiger partial charge in [-0.3, -0.25) is 0 Å². The molecule has 0 amide bonds. The van der Waals surface area contributed by atoms with Crippen LogP contribution in [-0.2, 0) is 13.2 Å². The molecule has 0 radical (unpaired) electrons. The SMILES string of the molecule is OCc1cn(Cc2nn[nH]n2)cn1. The quantitative estimate of drug-likeness (QED) is 0.627. The lowest BCUT2D eigenvalue weighted by molar-refractivity contribution is 0.277. The molecule has 2 aromatic rings. The molecule has 13 heavy (non-hydrogen) atoms. The second kappa shape index (κ2) is 3.31. The molecule has 2 N–H and O–H groups in total. The lowest BCUT2D eigenvalue weighted by Gasteiger charge is -1.93. The Balaban J connectivity index is 2.10. The fourth-order valence-electron chi connectivity index (χ4n) is 0.987. The van der Waals surface area contributed by atoms with Gasteiger partial charge in [0.2, 0.25) is 0 Å². The lowest BCUT2D eigenvalue weighted by Crippen LogP contribution is -1.98. The van der Waals surface area contributed by atoms with E-state index in [0.717, 1.165) is 0 Å². The first-order chi connectivity index (χ1) is 6.38. The van der Waals surface area contributed by atoms with Crippen LogP contribution in [0, 0.1) is 0 Å². The van der Waals surface area contributed by atoms with Crippen LogP contribution in [0.25, 0.3) is 0 Å². The third-order valence-corrected chi connectivity index (χ3v) is 1.56. The molecule has 7 nitrogen and oxygen atoms in total. The maximum Gasteiger partial charge on any atom is 0.194 e. The Bertz CT molecular complexity index is 366. The average molecular weight is 180 g/mol. The van der Waals surface area contributed by atoms with E-state index in [-0.39, 0.29) is 6.61 Å². The van der Waals surface area contributed by atoms with Crippen LogP contribution in [-0.4, -0.2) is 35.3 Å². The van der Waals surface area contributed by atoms with Crippen molar-refractivity contribution in [3.8, 4) is 0 Å². The van der Waals surface area contributed by atoms with Crippen LogP contribution in [0.1, 0.15) is 11.5 Å². The number of rotatable bonds is 3. The maximum atomic E-state index is 8.75. The van der Waals surface area contributed by atoms with E-state index in [4.69, 9.17) is 5.11 Å². The number of aromatic nitrogens is 6. The van der Waals surface area contributed by atoms with Crippen molar-refractivity contribution in [1.82, 2.24) is 30.2 Å².